The van der Waals surface area contributed by atoms with Crippen LogP contribution in [0.25, 0.3) is 0 Å². The zero-order valence-corrected chi connectivity index (χ0v) is 11.4. The van der Waals surface area contributed by atoms with Gasteiger partial charge in [0.25, 0.3) is 0 Å². The molecule has 0 amide bonds. The molecule has 0 heterocycles. The highest BCUT2D eigenvalue weighted by Gasteiger charge is 2.17. The Morgan fingerprint density at radius 3 is 2.11 bits per heavy atom. The fourth-order valence-corrected chi connectivity index (χ4v) is 1.91. The third kappa shape index (κ3) is 4.55. The number of hydrogen-bond donors (Lipinski definition) is 0. The number of benzene rings is 1. The SMILES string of the molecule is Cc1cc(F)c(CCC(=O)CC(C)(C)C)c(F)c1. The number of hydrogen-bond acceptors (Lipinski definition) is 1. The average Bonchev–Trinajstić information content (AvgIpc) is 2.12. The van der Waals surface area contributed by atoms with Gasteiger partial charge < -0.3 is 0 Å². The molecule has 0 spiro atoms. The van der Waals surface area contributed by atoms with Crippen molar-refractivity contribution in [2.75, 3.05) is 0 Å². The van der Waals surface area contributed by atoms with Crippen LogP contribution >= 0.6 is 0 Å². The predicted octanol–water partition coefficient (Wildman–Crippen LogP) is 4.21. The molecular weight excluding hydrogens is 234 g/mol. The molecule has 1 aromatic carbocycles. The Kier molecular flexibility index (Phi) is 4.60. The summed E-state index contributed by atoms with van der Waals surface area (Å²) in [6, 6.07) is 2.60. The van der Waals surface area contributed by atoms with Crippen LogP contribution in [0.15, 0.2) is 12.1 Å². The Labute approximate surface area is 107 Å². The Morgan fingerprint density at radius 1 is 1.17 bits per heavy atom. The number of carbonyl (C=O) groups excluding carboxylic acids is 1. The first-order valence-electron chi connectivity index (χ1n) is 6.15. The van der Waals surface area contributed by atoms with E-state index in [9.17, 15) is 13.6 Å². The van der Waals surface area contributed by atoms with Gasteiger partial charge in [-0.05, 0) is 36.5 Å². The zero-order valence-electron chi connectivity index (χ0n) is 11.4. The van der Waals surface area contributed by atoms with E-state index in [0.717, 1.165) is 0 Å². The summed E-state index contributed by atoms with van der Waals surface area (Å²) in [6.07, 6.45) is 0.753. The summed E-state index contributed by atoms with van der Waals surface area (Å²) in [4.78, 5) is 11.7. The molecule has 0 radical (unpaired) electrons. The molecule has 1 rings (SSSR count). The fourth-order valence-electron chi connectivity index (χ4n) is 1.91. The predicted molar refractivity (Wildman–Crippen MR) is 68.5 cm³/mol. The lowest BCUT2D eigenvalue weighted by Gasteiger charge is -2.16. The van der Waals surface area contributed by atoms with E-state index in [-0.39, 0.29) is 29.6 Å². The van der Waals surface area contributed by atoms with E-state index in [1.807, 2.05) is 20.8 Å². The third-order valence-corrected chi connectivity index (χ3v) is 2.67. The molecule has 0 N–H and O–H groups in total. The lowest BCUT2D eigenvalue weighted by atomic mass is 9.88. The number of carbonyl (C=O) groups is 1. The highest BCUT2D eigenvalue weighted by molar-refractivity contribution is 5.79. The van der Waals surface area contributed by atoms with Crippen LogP contribution in [0.2, 0.25) is 0 Å². The molecule has 1 aromatic rings. The quantitative estimate of drug-likeness (QED) is 0.786. The second-order valence-electron chi connectivity index (χ2n) is 5.98. The topological polar surface area (TPSA) is 17.1 Å². The van der Waals surface area contributed by atoms with Crippen LogP contribution in [-0.4, -0.2) is 5.78 Å². The maximum Gasteiger partial charge on any atom is 0.133 e. The van der Waals surface area contributed by atoms with Gasteiger partial charge in [-0.15, -0.1) is 0 Å². The smallest absolute Gasteiger partial charge is 0.133 e. The summed E-state index contributed by atoms with van der Waals surface area (Å²) in [5, 5.41) is 0. The van der Waals surface area contributed by atoms with Gasteiger partial charge in [0.05, 0.1) is 0 Å². The molecule has 0 atom stereocenters. The molecule has 1 nitrogen and oxygen atoms in total. The monoisotopic (exact) mass is 254 g/mol. The largest absolute Gasteiger partial charge is 0.300 e. The van der Waals surface area contributed by atoms with Crippen LogP contribution in [0.5, 0.6) is 0 Å². The lowest BCUT2D eigenvalue weighted by molar-refractivity contribution is -0.120. The Hall–Kier alpha value is -1.25. The summed E-state index contributed by atoms with van der Waals surface area (Å²) in [5.41, 5.74) is 0.485. The van der Waals surface area contributed by atoms with E-state index in [1.54, 1.807) is 6.92 Å². The van der Waals surface area contributed by atoms with Gasteiger partial charge >= 0.3 is 0 Å². The molecule has 100 valence electrons. The van der Waals surface area contributed by atoms with Crippen LogP contribution in [0, 0.1) is 24.0 Å². The first-order valence-corrected chi connectivity index (χ1v) is 6.15. The number of ketones is 1. The van der Waals surface area contributed by atoms with E-state index in [2.05, 4.69) is 0 Å². The first-order chi connectivity index (χ1) is 8.19. The first kappa shape index (κ1) is 14.8. The zero-order chi connectivity index (χ0) is 13.9. The van der Waals surface area contributed by atoms with E-state index in [0.29, 0.717) is 12.0 Å². The molecule has 18 heavy (non-hydrogen) atoms. The van der Waals surface area contributed by atoms with Crippen molar-refractivity contribution in [2.45, 2.75) is 47.0 Å². The van der Waals surface area contributed by atoms with Gasteiger partial charge in [-0.25, -0.2) is 8.78 Å². The number of halogens is 2. The van der Waals surface area contributed by atoms with E-state index in [4.69, 9.17) is 0 Å². The molecule has 3 heteroatoms. The normalized spacial score (nSPS) is 11.7. The molecule has 0 aromatic heterocycles. The van der Waals surface area contributed by atoms with Gasteiger partial charge in [0.15, 0.2) is 0 Å². The third-order valence-electron chi connectivity index (χ3n) is 2.67. The molecule has 0 aliphatic rings. The maximum atomic E-state index is 13.5. The van der Waals surface area contributed by atoms with Crippen LogP contribution in [-0.2, 0) is 11.2 Å². The van der Waals surface area contributed by atoms with Gasteiger partial charge in [0, 0.05) is 18.4 Å². The summed E-state index contributed by atoms with van der Waals surface area (Å²) >= 11 is 0. The number of rotatable bonds is 4. The fraction of sp³-hybridized carbons (Fsp3) is 0.533. The Balaban J connectivity index is 2.67. The summed E-state index contributed by atoms with van der Waals surface area (Å²) in [7, 11) is 0. The van der Waals surface area contributed by atoms with Crippen molar-refractivity contribution in [2.24, 2.45) is 5.41 Å². The highest BCUT2D eigenvalue weighted by atomic mass is 19.1. The van der Waals surface area contributed by atoms with Crippen molar-refractivity contribution in [3.8, 4) is 0 Å². The standard InChI is InChI=1S/C15H20F2O/c1-10-7-13(16)12(14(17)8-10)6-5-11(18)9-15(2,3)4/h7-8H,5-6,9H2,1-4H3. The van der Waals surface area contributed by atoms with Crippen molar-refractivity contribution in [1.82, 2.24) is 0 Å². The molecular formula is C15H20F2O. The minimum absolute atomic E-state index is 0.0165. The molecule has 0 unspecified atom stereocenters. The van der Waals surface area contributed by atoms with E-state index < -0.39 is 11.6 Å². The highest BCUT2D eigenvalue weighted by Crippen LogP contribution is 2.22. The van der Waals surface area contributed by atoms with Gasteiger partial charge in [0.2, 0.25) is 0 Å². The molecule has 0 aliphatic heterocycles. The van der Waals surface area contributed by atoms with Crippen molar-refractivity contribution < 1.29 is 13.6 Å². The Bertz CT molecular complexity index is 421. The van der Waals surface area contributed by atoms with E-state index in [1.165, 1.54) is 12.1 Å². The van der Waals surface area contributed by atoms with Crippen LogP contribution in [0.4, 0.5) is 8.78 Å². The second-order valence-corrected chi connectivity index (χ2v) is 5.98. The van der Waals surface area contributed by atoms with Gasteiger partial charge in [-0.2, -0.15) is 0 Å². The van der Waals surface area contributed by atoms with Gasteiger partial charge in [-0.3, -0.25) is 4.79 Å². The number of Topliss-reactive ketones (excluding diaryl/α,β-unsaturated/α-hetero) is 1. The van der Waals surface area contributed by atoms with Crippen molar-refractivity contribution in [3.05, 3.63) is 34.9 Å². The molecule has 0 fully saturated rings. The van der Waals surface area contributed by atoms with Crippen LogP contribution < -0.4 is 0 Å². The van der Waals surface area contributed by atoms with Crippen LogP contribution in [0.1, 0.15) is 44.7 Å². The summed E-state index contributed by atoms with van der Waals surface area (Å²) in [5.74, 6) is -1.08. The van der Waals surface area contributed by atoms with Gasteiger partial charge in [-0.1, -0.05) is 20.8 Å². The minimum Gasteiger partial charge on any atom is -0.300 e. The molecule has 0 saturated carbocycles. The van der Waals surface area contributed by atoms with Crippen molar-refractivity contribution >= 4 is 5.78 Å². The summed E-state index contributed by atoms with van der Waals surface area (Å²) in [6.45, 7) is 7.55. The Morgan fingerprint density at radius 2 is 1.67 bits per heavy atom. The van der Waals surface area contributed by atoms with E-state index >= 15 is 0 Å². The molecule has 0 saturated heterocycles. The minimum atomic E-state index is -0.559. The van der Waals surface area contributed by atoms with Crippen LogP contribution in [0.3, 0.4) is 0 Å². The van der Waals surface area contributed by atoms with Crippen molar-refractivity contribution in [1.29, 1.82) is 0 Å². The number of aryl methyl sites for hydroxylation is 1. The van der Waals surface area contributed by atoms with Gasteiger partial charge in [0.1, 0.15) is 17.4 Å². The van der Waals surface area contributed by atoms with Crippen molar-refractivity contribution in [3.63, 3.8) is 0 Å². The second kappa shape index (κ2) is 5.59. The lowest BCUT2D eigenvalue weighted by Crippen LogP contribution is -2.13. The average molecular weight is 254 g/mol. The molecule has 0 aliphatic carbocycles. The maximum absolute atomic E-state index is 13.5. The molecule has 0 bridgehead atoms. The summed E-state index contributed by atoms with van der Waals surface area (Å²) < 4.78 is 27.1.